The Morgan fingerprint density at radius 3 is 2.36 bits per heavy atom. The zero-order chi connectivity index (χ0) is 17.2. The molecule has 130 valence electrons. The van der Waals surface area contributed by atoms with E-state index in [0.29, 0.717) is 24.8 Å². The molecule has 1 heterocycles. The van der Waals surface area contributed by atoms with Crippen LogP contribution in [0.25, 0.3) is 0 Å². The predicted molar refractivity (Wildman–Crippen MR) is 97.8 cm³/mol. The second-order valence-corrected chi connectivity index (χ2v) is 7.09. The summed E-state index contributed by atoms with van der Waals surface area (Å²) >= 11 is 0. The summed E-state index contributed by atoms with van der Waals surface area (Å²) in [4.78, 5) is 14.7. The van der Waals surface area contributed by atoms with E-state index in [-0.39, 0.29) is 17.9 Å². The van der Waals surface area contributed by atoms with Gasteiger partial charge in [-0.2, -0.15) is 0 Å². The van der Waals surface area contributed by atoms with Gasteiger partial charge < -0.3 is 15.4 Å². The van der Waals surface area contributed by atoms with E-state index in [1.165, 1.54) is 12.0 Å². The van der Waals surface area contributed by atoms with Crippen molar-refractivity contribution in [2.75, 3.05) is 13.1 Å². The van der Waals surface area contributed by atoms with Crippen LogP contribution in [0.2, 0.25) is 0 Å². The molecule has 0 unspecified atom stereocenters. The van der Waals surface area contributed by atoms with Gasteiger partial charge in [-0.1, -0.05) is 30.3 Å². The lowest BCUT2D eigenvalue weighted by molar-refractivity contribution is 0.0789. The molecule has 1 amide bonds. The number of benzene rings is 2. The fraction of sp³-hybridized carbons (Fsp3) is 0.381. The Bertz CT molecular complexity index is 725. The molecule has 2 aromatic rings. The smallest absolute Gasteiger partial charge is 0.253 e. The summed E-state index contributed by atoms with van der Waals surface area (Å²) in [5, 5.41) is 0. The second-order valence-electron chi connectivity index (χ2n) is 7.09. The second kappa shape index (κ2) is 6.89. The highest BCUT2D eigenvalue weighted by Crippen LogP contribution is 2.28. The molecule has 4 nitrogen and oxygen atoms in total. The lowest BCUT2D eigenvalue weighted by Crippen LogP contribution is -2.32. The molecule has 0 spiro atoms. The van der Waals surface area contributed by atoms with Gasteiger partial charge in [0.15, 0.2) is 0 Å². The fourth-order valence-electron chi connectivity index (χ4n) is 3.59. The third-order valence-corrected chi connectivity index (χ3v) is 5.34. The van der Waals surface area contributed by atoms with E-state index in [0.717, 1.165) is 18.6 Å². The zero-order valence-electron chi connectivity index (χ0n) is 14.3. The maximum absolute atomic E-state index is 12.8. The summed E-state index contributed by atoms with van der Waals surface area (Å²) in [6.45, 7) is 1.27. The van der Waals surface area contributed by atoms with Crippen molar-refractivity contribution in [3.05, 3.63) is 65.7 Å². The number of rotatable bonds is 4. The van der Waals surface area contributed by atoms with Gasteiger partial charge in [0.25, 0.3) is 5.91 Å². The lowest BCUT2D eigenvalue weighted by atomic mass is 9.95. The quantitative estimate of drug-likeness (QED) is 0.933. The first-order valence-corrected chi connectivity index (χ1v) is 9.07. The molecule has 0 aromatic heterocycles. The van der Waals surface area contributed by atoms with Crippen LogP contribution in [-0.2, 0) is 0 Å². The van der Waals surface area contributed by atoms with E-state index < -0.39 is 0 Å². The molecule has 1 saturated carbocycles. The first kappa shape index (κ1) is 16.2. The predicted octanol–water partition coefficient (Wildman–Crippen LogP) is 3.18. The number of hydrogen-bond acceptors (Lipinski definition) is 3. The van der Waals surface area contributed by atoms with Gasteiger partial charge in [0.05, 0.1) is 6.10 Å². The van der Waals surface area contributed by atoms with Crippen molar-refractivity contribution in [2.24, 2.45) is 5.73 Å². The van der Waals surface area contributed by atoms with Crippen LogP contribution in [0.5, 0.6) is 5.75 Å². The van der Waals surface area contributed by atoms with E-state index in [1.807, 2.05) is 47.4 Å². The van der Waals surface area contributed by atoms with Gasteiger partial charge in [-0.05, 0) is 49.1 Å². The van der Waals surface area contributed by atoms with E-state index in [1.54, 1.807) is 0 Å². The van der Waals surface area contributed by atoms with E-state index in [9.17, 15) is 4.79 Å². The van der Waals surface area contributed by atoms with Crippen molar-refractivity contribution in [2.45, 2.75) is 37.3 Å². The number of nitrogens with two attached hydrogens (primary N) is 1. The van der Waals surface area contributed by atoms with Gasteiger partial charge in [-0.25, -0.2) is 0 Å². The van der Waals surface area contributed by atoms with Gasteiger partial charge in [-0.15, -0.1) is 0 Å². The Morgan fingerprint density at radius 2 is 1.72 bits per heavy atom. The van der Waals surface area contributed by atoms with Gasteiger partial charge >= 0.3 is 0 Å². The summed E-state index contributed by atoms with van der Waals surface area (Å²) < 4.78 is 5.86. The Labute approximate surface area is 148 Å². The molecule has 1 aliphatic carbocycles. The molecule has 4 rings (SSSR count). The topological polar surface area (TPSA) is 55.6 Å². The standard InChI is InChI=1S/C21H24N2O2/c22-20-14-23(13-19(20)15-5-2-1-3-6-15)21(24)16-9-11-18(12-10-16)25-17-7-4-8-17/h1-3,5-6,9-12,17,19-20H,4,7-8,13-14,22H2/t19-,20+/m0/s1. The van der Waals surface area contributed by atoms with E-state index in [2.05, 4.69) is 12.1 Å². The number of hydrogen-bond donors (Lipinski definition) is 1. The maximum atomic E-state index is 12.8. The van der Waals surface area contributed by atoms with Crippen molar-refractivity contribution < 1.29 is 9.53 Å². The molecule has 0 bridgehead atoms. The monoisotopic (exact) mass is 336 g/mol. The minimum Gasteiger partial charge on any atom is -0.490 e. The number of likely N-dealkylation sites (tertiary alicyclic amines) is 1. The maximum Gasteiger partial charge on any atom is 0.253 e. The Morgan fingerprint density at radius 1 is 1.00 bits per heavy atom. The summed E-state index contributed by atoms with van der Waals surface area (Å²) in [5.41, 5.74) is 8.20. The first-order valence-electron chi connectivity index (χ1n) is 9.07. The molecule has 0 radical (unpaired) electrons. The first-order chi connectivity index (χ1) is 12.2. The van der Waals surface area contributed by atoms with E-state index in [4.69, 9.17) is 10.5 Å². The summed E-state index contributed by atoms with van der Waals surface area (Å²) in [6, 6.07) is 17.7. The largest absolute Gasteiger partial charge is 0.490 e. The number of ether oxygens (including phenoxy) is 1. The normalized spacial score (nSPS) is 23.3. The zero-order valence-corrected chi connectivity index (χ0v) is 14.3. The molecule has 2 fully saturated rings. The average Bonchev–Trinajstić information content (AvgIpc) is 3.01. The SMILES string of the molecule is N[C@@H]1CN(C(=O)c2ccc(OC3CCC3)cc2)C[C@H]1c1ccccc1. The Balaban J connectivity index is 1.42. The minimum absolute atomic E-state index is 0.0208. The molecular formula is C21H24N2O2. The minimum atomic E-state index is -0.0208. The Hall–Kier alpha value is -2.33. The molecule has 2 aliphatic rings. The molecule has 1 saturated heterocycles. The van der Waals surface area contributed by atoms with Crippen molar-refractivity contribution in [3.8, 4) is 5.75 Å². The highest BCUT2D eigenvalue weighted by atomic mass is 16.5. The van der Waals surface area contributed by atoms with Crippen LogP contribution >= 0.6 is 0 Å². The van der Waals surface area contributed by atoms with Crippen molar-refractivity contribution in [3.63, 3.8) is 0 Å². The number of carbonyl (C=O) groups excluding carboxylic acids is 1. The summed E-state index contributed by atoms with van der Waals surface area (Å²) in [5.74, 6) is 1.09. The molecule has 4 heteroatoms. The van der Waals surface area contributed by atoms with Crippen LogP contribution in [0, 0.1) is 0 Å². The molecule has 2 aromatic carbocycles. The number of carbonyl (C=O) groups is 1. The van der Waals surface area contributed by atoms with Crippen LogP contribution in [0.4, 0.5) is 0 Å². The lowest BCUT2D eigenvalue weighted by Gasteiger charge is -2.26. The van der Waals surface area contributed by atoms with Crippen molar-refractivity contribution >= 4 is 5.91 Å². The van der Waals surface area contributed by atoms with Gasteiger partial charge in [0.1, 0.15) is 5.75 Å². The van der Waals surface area contributed by atoms with Gasteiger partial charge in [0.2, 0.25) is 0 Å². The highest BCUT2D eigenvalue weighted by molar-refractivity contribution is 5.94. The number of amides is 1. The summed E-state index contributed by atoms with van der Waals surface area (Å²) in [7, 11) is 0. The van der Waals surface area contributed by atoms with Crippen LogP contribution < -0.4 is 10.5 Å². The Kier molecular flexibility index (Phi) is 4.45. The molecular weight excluding hydrogens is 312 g/mol. The fourth-order valence-corrected chi connectivity index (χ4v) is 3.59. The van der Waals surface area contributed by atoms with Gasteiger partial charge in [0, 0.05) is 30.6 Å². The third-order valence-electron chi connectivity index (χ3n) is 5.34. The average molecular weight is 336 g/mol. The molecule has 1 aliphatic heterocycles. The van der Waals surface area contributed by atoms with E-state index >= 15 is 0 Å². The number of nitrogens with zero attached hydrogens (tertiary/aromatic N) is 1. The van der Waals surface area contributed by atoms with Crippen LogP contribution in [0.15, 0.2) is 54.6 Å². The molecule has 25 heavy (non-hydrogen) atoms. The van der Waals surface area contributed by atoms with Crippen LogP contribution in [-0.4, -0.2) is 36.0 Å². The van der Waals surface area contributed by atoms with Crippen LogP contribution in [0.3, 0.4) is 0 Å². The molecule has 2 atom stereocenters. The van der Waals surface area contributed by atoms with Crippen molar-refractivity contribution in [1.82, 2.24) is 4.90 Å². The van der Waals surface area contributed by atoms with Crippen molar-refractivity contribution in [1.29, 1.82) is 0 Å². The van der Waals surface area contributed by atoms with Gasteiger partial charge in [-0.3, -0.25) is 4.79 Å². The highest BCUT2D eigenvalue weighted by Gasteiger charge is 2.34. The third kappa shape index (κ3) is 3.40. The molecule has 2 N–H and O–H groups in total. The summed E-state index contributed by atoms with van der Waals surface area (Å²) in [6.07, 6.45) is 3.87. The van der Waals surface area contributed by atoms with Crippen LogP contribution in [0.1, 0.15) is 41.1 Å².